The number of halogens is 1. The molecule has 2 aromatic carbocycles. The van der Waals surface area contributed by atoms with Gasteiger partial charge in [0.25, 0.3) is 0 Å². The summed E-state index contributed by atoms with van der Waals surface area (Å²) in [6.07, 6.45) is 0.289. The van der Waals surface area contributed by atoms with E-state index in [4.69, 9.17) is 9.47 Å². The number of amides is 1. The first-order valence-electron chi connectivity index (χ1n) is 7.77. The summed E-state index contributed by atoms with van der Waals surface area (Å²) >= 11 is 0. The molecule has 1 amide bonds. The van der Waals surface area contributed by atoms with Gasteiger partial charge in [0.05, 0.1) is 14.2 Å². The molecule has 0 aliphatic carbocycles. The van der Waals surface area contributed by atoms with Crippen molar-refractivity contribution >= 4 is 5.91 Å². The van der Waals surface area contributed by atoms with Crippen molar-refractivity contribution in [1.29, 1.82) is 0 Å². The van der Waals surface area contributed by atoms with Crippen molar-refractivity contribution in [3.8, 4) is 11.5 Å². The molecule has 0 saturated heterocycles. The summed E-state index contributed by atoms with van der Waals surface area (Å²) in [5.74, 6) is 0.897. The molecule has 0 aromatic heterocycles. The molecule has 2 rings (SSSR count). The Balaban J connectivity index is 1.97. The number of benzene rings is 2. The average Bonchev–Trinajstić information content (AvgIpc) is 2.60. The number of carbonyl (C=O) groups excluding carboxylic acids is 1. The van der Waals surface area contributed by atoms with E-state index in [2.05, 4.69) is 5.32 Å². The molecule has 0 spiro atoms. The maximum atomic E-state index is 13.6. The molecule has 0 saturated carbocycles. The van der Waals surface area contributed by atoms with E-state index in [0.29, 0.717) is 17.1 Å². The van der Waals surface area contributed by atoms with Gasteiger partial charge >= 0.3 is 0 Å². The molecule has 4 nitrogen and oxygen atoms in total. The van der Waals surface area contributed by atoms with E-state index < -0.39 is 0 Å². The Labute approximate surface area is 141 Å². The van der Waals surface area contributed by atoms with Crippen LogP contribution in [0.25, 0.3) is 0 Å². The summed E-state index contributed by atoms with van der Waals surface area (Å²) in [5, 5.41) is 2.76. The van der Waals surface area contributed by atoms with Crippen LogP contribution in [0.2, 0.25) is 0 Å². The van der Waals surface area contributed by atoms with Gasteiger partial charge < -0.3 is 14.8 Å². The quantitative estimate of drug-likeness (QED) is 0.842. The van der Waals surface area contributed by atoms with E-state index in [1.807, 2.05) is 19.1 Å². The van der Waals surface area contributed by atoms with Crippen LogP contribution in [0, 0.1) is 5.82 Å². The lowest BCUT2D eigenvalue weighted by atomic mass is 9.96. The molecule has 0 radical (unpaired) electrons. The van der Waals surface area contributed by atoms with Gasteiger partial charge in [0.15, 0.2) is 0 Å². The first-order chi connectivity index (χ1) is 11.5. The summed E-state index contributed by atoms with van der Waals surface area (Å²) in [6.45, 7) is 2.13. The lowest BCUT2D eigenvalue weighted by Gasteiger charge is -2.16. The van der Waals surface area contributed by atoms with Gasteiger partial charge in [-0.2, -0.15) is 0 Å². The van der Waals surface area contributed by atoms with E-state index in [1.165, 1.54) is 6.07 Å². The summed E-state index contributed by atoms with van der Waals surface area (Å²) in [4.78, 5) is 12.1. The van der Waals surface area contributed by atoms with Crippen molar-refractivity contribution in [3.63, 3.8) is 0 Å². The molecule has 0 aliphatic heterocycles. The molecule has 128 valence electrons. The second-order valence-electron chi connectivity index (χ2n) is 5.58. The zero-order chi connectivity index (χ0) is 17.5. The third-order valence-corrected chi connectivity index (χ3v) is 3.90. The highest BCUT2D eigenvalue weighted by atomic mass is 19.1. The molecular weight excluding hydrogens is 309 g/mol. The number of rotatable bonds is 7. The zero-order valence-corrected chi connectivity index (χ0v) is 14.1. The number of hydrogen-bond acceptors (Lipinski definition) is 3. The van der Waals surface area contributed by atoms with Crippen LogP contribution in [0.1, 0.15) is 30.4 Å². The van der Waals surface area contributed by atoms with E-state index >= 15 is 0 Å². The summed E-state index contributed by atoms with van der Waals surface area (Å²) < 4.78 is 24.1. The Morgan fingerprint density at radius 2 is 1.92 bits per heavy atom. The van der Waals surface area contributed by atoms with Crippen LogP contribution in [0.3, 0.4) is 0 Å². The standard InChI is InChI=1S/C19H22FNO3/c1-13(16-9-8-15(23-2)11-18(16)24-3)10-19(22)21-12-14-6-4-5-7-17(14)20/h4-9,11,13H,10,12H2,1-3H3,(H,21,22). The van der Waals surface area contributed by atoms with Crippen LogP contribution in [0.5, 0.6) is 11.5 Å². The van der Waals surface area contributed by atoms with E-state index in [-0.39, 0.29) is 30.6 Å². The molecule has 5 heteroatoms. The maximum Gasteiger partial charge on any atom is 0.220 e. The van der Waals surface area contributed by atoms with Gasteiger partial charge in [0, 0.05) is 24.6 Å². The number of carbonyl (C=O) groups is 1. The lowest BCUT2D eigenvalue weighted by Crippen LogP contribution is -2.24. The van der Waals surface area contributed by atoms with Crippen LogP contribution in [-0.2, 0) is 11.3 Å². The van der Waals surface area contributed by atoms with E-state index in [1.54, 1.807) is 38.5 Å². The van der Waals surface area contributed by atoms with E-state index in [0.717, 1.165) is 5.56 Å². The topological polar surface area (TPSA) is 47.6 Å². The molecule has 0 fully saturated rings. The molecule has 1 unspecified atom stereocenters. The second kappa shape index (κ2) is 8.34. The highest BCUT2D eigenvalue weighted by molar-refractivity contribution is 5.77. The van der Waals surface area contributed by atoms with Crippen molar-refractivity contribution in [3.05, 3.63) is 59.4 Å². The second-order valence-corrected chi connectivity index (χ2v) is 5.58. The molecular formula is C19H22FNO3. The SMILES string of the molecule is COc1ccc(C(C)CC(=O)NCc2ccccc2F)c(OC)c1. The first-order valence-corrected chi connectivity index (χ1v) is 7.77. The largest absolute Gasteiger partial charge is 0.497 e. The molecule has 1 atom stereocenters. The molecule has 24 heavy (non-hydrogen) atoms. The molecule has 0 heterocycles. The molecule has 0 aliphatic rings. The van der Waals surface area contributed by atoms with Crippen molar-refractivity contribution in [1.82, 2.24) is 5.32 Å². The van der Waals surface area contributed by atoms with Crippen molar-refractivity contribution < 1.29 is 18.7 Å². The first kappa shape index (κ1) is 17.8. The van der Waals surface area contributed by atoms with Gasteiger partial charge in [-0.25, -0.2) is 4.39 Å². The van der Waals surface area contributed by atoms with Gasteiger partial charge in [-0.3, -0.25) is 4.79 Å². The number of nitrogens with one attached hydrogen (secondary N) is 1. The minimum atomic E-state index is -0.317. The third-order valence-electron chi connectivity index (χ3n) is 3.90. The Hall–Kier alpha value is -2.56. The third kappa shape index (κ3) is 4.47. The maximum absolute atomic E-state index is 13.6. The Morgan fingerprint density at radius 3 is 2.58 bits per heavy atom. The predicted molar refractivity (Wildman–Crippen MR) is 90.8 cm³/mol. The van der Waals surface area contributed by atoms with Crippen molar-refractivity contribution in [2.75, 3.05) is 14.2 Å². The average molecular weight is 331 g/mol. The van der Waals surface area contributed by atoms with Crippen molar-refractivity contribution in [2.45, 2.75) is 25.8 Å². The zero-order valence-electron chi connectivity index (χ0n) is 14.1. The monoisotopic (exact) mass is 331 g/mol. The Bertz CT molecular complexity index is 703. The minimum Gasteiger partial charge on any atom is -0.497 e. The molecule has 2 aromatic rings. The highest BCUT2D eigenvalue weighted by Crippen LogP contribution is 2.32. The normalized spacial score (nSPS) is 11.7. The number of methoxy groups -OCH3 is 2. The highest BCUT2D eigenvalue weighted by Gasteiger charge is 2.16. The fourth-order valence-corrected chi connectivity index (χ4v) is 2.52. The molecule has 0 bridgehead atoms. The van der Waals surface area contributed by atoms with Crippen LogP contribution in [0.4, 0.5) is 4.39 Å². The van der Waals surface area contributed by atoms with Gasteiger partial charge in [-0.15, -0.1) is 0 Å². The fourth-order valence-electron chi connectivity index (χ4n) is 2.52. The Morgan fingerprint density at radius 1 is 1.17 bits per heavy atom. The fraction of sp³-hybridized carbons (Fsp3) is 0.316. The summed E-state index contributed by atoms with van der Waals surface area (Å²) in [6, 6.07) is 11.9. The van der Waals surface area contributed by atoms with Gasteiger partial charge in [0.1, 0.15) is 17.3 Å². The summed E-state index contributed by atoms with van der Waals surface area (Å²) in [7, 11) is 3.18. The van der Waals surface area contributed by atoms with Gasteiger partial charge in [-0.1, -0.05) is 31.2 Å². The summed E-state index contributed by atoms with van der Waals surface area (Å²) in [5.41, 5.74) is 1.40. The van der Waals surface area contributed by atoms with Gasteiger partial charge in [0.2, 0.25) is 5.91 Å². The predicted octanol–water partition coefficient (Wildman–Crippen LogP) is 3.65. The van der Waals surface area contributed by atoms with Crippen LogP contribution >= 0.6 is 0 Å². The molecule has 1 N–H and O–H groups in total. The van der Waals surface area contributed by atoms with Crippen molar-refractivity contribution in [2.24, 2.45) is 0 Å². The number of ether oxygens (including phenoxy) is 2. The van der Waals surface area contributed by atoms with Crippen LogP contribution < -0.4 is 14.8 Å². The Kier molecular flexibility index (Phi) is 6.18. The van der Waals surface area contributed by atoms with E-state index in [9.17, 15) is 9.18 Å². The van der Waals surface area contributed by atoms with Crippen LogP contribution in [-0.4, -0.2) is 20.1 Å². The smallest absolute Gasteiger partial charge is 0.220 e. The lowest BCUT2D eigenvalue weighted by molar-refractivity contribution is -0.121. The number of hydrogen-bond donors (Lipinski definition) is 1. The minimum absolute atomic E-state index is 0.0357. The van der Waals surface area contributed by atoms with Crippen LogP contribution in [0.15, 0.2) is 42.5 Å². The van der Waals surface area contributed by atoms with Gasteiger partial charge in [-0.05, 0) is 23.6 Å².